The number of rotatable bonds is 2. The van der Waals surface area contributed by atoms with Gasteiger partial charge in [-0.05, 0) is 37.5 Å². The SMILES string of the molecule is C=Cc1nc(C2(C#N)CCC2)ccc1N. The molecule has 0 amide bonds. The van der Waals surface area contributed by atoms with Crippen LogP contribution in [-0.4, -0.2) is 4.98 Å². The van der Waals surface area contributed by atoms with Gasteiger partial charge in [-0.15, -0.1) is 0 Å². The maximum atomic E-state index is 9.18. The number of nitrogens with two attached hydrogens (primary N) is 1. The Balaban J connectivity index is 2.46. The minimum absolute atomic E-state index is 0.370. The number of hydrogen-bond donors (Lipinski definition) is 1. The molecule has 0 saturated heterocycles. The Hall–Kier alpha value is -1.82. The van der Waals surface area contributed by atoms with Crippen molar-refractivity contribution in [3.05, 3.63) is 30.1 Å². The fourth-order valence-corrected chi connectivity index (χ4v) is 1.87. The number of pyridine rings is 1. The highest BCUT2D eigenvalue weighted by Gasteiger charge is 2.40. The number of anilines is 1. The quantitative estimate of drug-likeness (QED) is 0.794. The fourth-order valence-electron chi connectivity index (χ4n) is 1.87. The third-order valence-corrected chi connectivity index (χ3v) is 3.06. The van der Waals surface area contributed by atoms with Gasteiger partial charge in [-0.1, -0.05) is 6.58 Å². The fraction of sp³-hybridized carbons (Fsp3) is 0.333. The van der Waals surface area contributed by atoms with Gasteiger partial charge < -0.3 is 5.73 Å². The van der Waals surface area contributed by atoms with E-state index in [0.717, 1.165) is 25.0 Å². The van der Waals surface area contributed by atoms with Crippen LogP contribution >= 0.6 is 0 Å². The molecule has 2 rings (SSSR count). The van der Waals surface area contributed by atoms with Gasteiger partial charge in [-0.25, -0.2) is 4.98 Å². The normalized spacial score (nSPS) is 17.5. The van der Waals surface area contributed by atoms with E-state index < -0.39 is 0 Å². The van der Waals surface area contributed by atoms with Gasteiger partial charge in [0.1, 0.15) is 0 Å². The van der Waals surface area contributed by atoms with Gasteiger partial charge in [0.25, 0.3) is 0 Å². The van der Waals surface area contributed by atoms with Crippen molar-refractivity contribution in [2.45, 2.75) is 24.7 Å². The predicted octanol–water partition coefficient (Wildman–Crippen LogP) is 2.25. The van der Waals surface area contributed by atoms with Gasteiger partial charge in [0.2, 0.25) is 0 Å². The van der Waals surface area contributed by atoms with Crippen LogP contribution < -0.4 is 5.73 Å². The summed E-state index contributed by atoms with van der Waals surface area (Å²) in [4.78, 5) is 4.39. The Bertz CT molecular complexity index is 439. The molecule has 0 aliphatic heterocycles. The topological polar surface area (TPSA) is 62.7 Å². The molecule has 0 unspecified atom stereocenters. The molecule has 0 radical (unpaired) electrons. The van der Waals surface area contributed by atoms with Gasteiger partial charge in [0.05, 0.1) is 28.6 Å². The molecule has 1 saturated carbocycles. The first-order valence-electron chi connectivity index (χ1n) is 5.02. The molecule has 0 atom stereocenters. The molecule has 1 aliphatic rings. The maximum absolute atomic E-state index is 9.18. The average molecular weight is 199 g/mol. The van der Waals surface area contributed by atoms with Gasteiger partial charge >= 0.3 is 0 Å². The lowest BCUT2D eigenvalue weighted by atomic mass is 9.67. The molecule has 0 bridgehead atoms. The third kappa shape index (κ3) is 1.39. The van der Waals surface area contributed by atoms with Crippen molar-refractivity contribution in [1.29, 1.82) is 5.26 Å². The van der Waals surface area contributed by atoms with Crippen molar-refractivity contribution < 1.29 is 0 Å². The van der Waals surface area contributed by atoms with Crippen LogP contribution in [0.25, 0.3) is 6.08 Å². The van der Waals surface area contributed by atoms with Crippen LogP contribution in [0.3, 0.4) is 0 Å². The number of aromatic nitrogens is 1. The number of nitriles is 1. The van der Waals surface area contributed by atoms with E-state index in [1.807, 2.05) is 6.07 Å². The highest BCUT2D eigenvalue weighted by molar-refractivity contribution is 5.60. The molecule has 1 aromatic rings. The van der Waals surface area contributed by atoms with E-state index in [4.69, 9.17) is 5.73 Å². The van der Waals surface area contributed by atoms with E-state index >= 15 is 0 Å². The summed E-state index contributed by atoms with van der Waals surface area (Å²) in [7, 11) is 0. The van der Waals surface area contributed by atoms with E-state index in [-0.39, 0.29) is 5.41 Å². The molecule has 1 fully saturated rings. The molecule has 2 N–H and O–H groups in total. The standard InChI is InChI=1S/C12H13N3/c1-2-10-9(14)4-5-11(15-10)12(8-13)6-3-7-12/h2,4-5H,1,3,6-7,14H2. The lowest BCUT2D eigenvalue weighted by molar-refractivity contribution is 0.316. The smallest absolute Gasteiger partial charge is 0.0993 e. The van der Waals surface area contributed by atoms with Gasteiger partial charge in [-0.2, -0.15) is 5.26 Å². The number of nitrogens with zero attached hydrogens (tertiary/aromatic N) is 2. The number of hydrogen-bond acceptors (Lipinski definition) is 3. The zero-order chi connectivity index (χ0) is 10.9. The van der Waals surface area contributed by atoms with Gasteiger partial charge in [0.15, 0.2) is 0 Å². The van der Waals surface area contributed by atoms with Gasteiger partial charge in [0, 0.05) is 0 Å². The Morgan fingerprint density at radius 1 is 1.53 bits per heavy atom. The summed E-state index contributed by atoms with van der Waals surface area (Å²) in [5.41, 5.74) is 7.48. The molecule has 76 valence electrons. The minimum atomic E-state index is -0.370. The van der Waals surface area contributed by atoms with E-state index in [1.54, 1.807) is 12.1 Å². The Labute approximate surface area is 89.2 Å². The molecule has 3 heteroatoms. The van der Waals surface area contributed by atoms with Crippen LogP contribution in [0.4, 0.5) is 5.69 Å². The summed E-state index contributed by atoms with van der Waals surface area (Å²) in [6.45, 7) is 3.66. The van der Waals surface area contributed by atoms with E-state index in [0.29, 0.717) is 11.4 Å². The summed E-state index contributed by atoms with van der Waals surface area (Å²) in [5, 5.41) is 9.18. The molecule has 0 aromatic carbocycles. The molecule has 1 aromatic heterocycles. The zero-order valence-corrected chi connectivity index (χ0v) is 8.53. The zero-order valence-electron chi connectivity index (χ0n) is 8.53. The Morgan fingerprint density at radius 2 is 2.27 bits per heavy atom. The molecule has 15 heavy (non-hydrogen) atoms. The molecule has 1 heterocycles. The second kappa shape index (κ2) is 3.39. The van der Waals surface area contributed by atoms with E-state index in [9.17, 15) is 5.26 Å². The highest BCUT2D eigenvalue weighted by atomic mass is 14.8. The Kier molecular flexibility index (Phi) is 2.20. The second-order valence-corrected chi connectivity index (χ2v) is 3.92. The van der Waals surface area contributed by atoms with E-state index in [1.165, 1.54) is 0 Å². The van der Waals surface area contributed by atoms with Crippen LogP contribution in [0, 0.1) is 11.3 Å². The monoisotopic (exact) mass is 199 g/mol. The first-order chi connectivity index (χ1) is 7.22. The average Bonchev–Trinajstić information content (AvgIpc) is 2.19. The van der Waals surface area contributed by atoms with Crippen molar-refractivity contribution in [2.75, 3.05) is 5.73 Å². The lowest BCUT2D eigenvalue weighted by Crippen LogP contribution is -2.33. The summed E-state index contributed by atoms with van der Waals surface area (Å²) < 4.78 is 0. The summed E-state index contributed by atoms with van der Waals surface area (Å²) in [5.74, 6) is 0. The third-order valence-electron chi connectivity index (χ3n) is 3.06. The summed E-state index contributed by atoms with van der Waals surface area (Å²) >= 11 is 0. The molecular weight excluding hydrogens is 186 g/mol. The molecule has 3 nitrogen and oxygen atoms in total. The highest BCUT2D eigenvalue weighted by Crippen LogP contribution is 2.42. The maximum Gasteiger partial charge on any atom is 0.0993 e. The summed E-state index contributed by atoms with van der Waals surface area (Å²) in [6, 6.07) is 6.02. The largest absolute Gasteiger partial charge is 0.397 e. The van der Waals surface area contributed by atoms with Crippen LogP contribution in [0.2, 0.25) is 0 Å². The van der Waals surface area contributed by atoms with Crippen molar-refractivity contribution in [3.63, 3.8) is 0 Å². The van der Waals surface area contributed by atoms with Crippen LogP contribution in [0.15, 0.2) is 18.7 Å². The lowest BCUT2D eigenvalue weighted by Gasteiger charge is -2.34. The summed E-state index contributed by atoms with van der Waals surface area (Å²) in [6.07, 6.45) is 4.53. The van der Waals surface area contributed by atoms with Crippen molar-refractivity contribution in [1.82, 2.24) is 4.98 Å². The molecule has 0 spiro atoms. The predicted molar refractivity (Wildman–Crippen MR) is 59.9 cm³/mol. The van der Waals surface area contributed by atoms with E-state index in [2.05, 4.69) is 17.6 Å². The number of nitrogen functional groups attached to an aromatic ring is 1. The van der Waals surface area contributed by atoms with Gasteiger partial charge in [-0.3, -0.25) is 0 Å². The second-order valence-electron chi connectivity index (χ2n) is 3.92. The molecular formula is C12H13N3. The van der Waals surface area contributed by atoms with Crippen LogP contribution in [-0.2, 0) is 5.41 Å². The molecule has 1 aliphatic carbocycles. The minimum Gasteiger partial charge on any atom is -0.397 e. The van der Waals surface area contributed by atoms with Crippen molar-refractivity contribution in [3.8, 4) is 6.07 Å². The Morgan fingerprint density at radius 3 is 2.73 bits per heavy atom. The first-order valence-corrected chi connectivity index (χ1v) is 5.02. The van der Waals surface area contributed by atoms with Crippen molar-refractivity contribution >= 4 is 11.8 Å². The first kappa shape index (κ1) is 9.72. The van der Waals surface area contributed by atoms with Crippen LogP contribution in [0.5, 0.6) is 0 Å². The van der Waals surface area contributed by atoms with Crippen LogP contribution in [0.1, 0.15) is 30.7 Å². The van der Waals surface area contributed by atoms with Crippen molar-refractivity contribution in [2.24, 2.45) is 0 Å².